The van der Waals surface area contributed by atoms with Crippen LogP contribution in [0.2, 0.25) is 0 Å². The van der Waals surface area contributed by atoms with Gasteiger partial charge in [0, 0.05) is 6.61 Å². The van der Waals surface area contributed by atoms with Crippen LogP contribution in [-0.2, 0) is 4.74 Å². The number of hydrogen-bond donors (Lipinski definition) is 0. The van der Waals surface area contributed by atoms with E-state index < -0.39 is 5.60 Å². The van der Waals surface area contributed by atoms with E-state index in [-0.39, 0.29) is 5.38 Å². The van der Waals surface area contributed by atoms with E-state index in [4.69, 9.17) is 16.3 Å². The van der Waals surface area contributed by atoms with Gasteiger partial charge in [-0.05, 0) is 74.1 Å². The fourth-order valence-corrected chi connectivity index (χ4v) is 5.68. The quantitative estimate of drug-likeness (QED) is 0.119. The molecule has 3 unspecified atom stereocenters. The van der Waals surface area contributed by atoms with E-state index in [1.807, 2.05) is 0 Å². The molecule has 1 aliphatic carbocycles. The molecule has 0 heterocycles. The van der Waals surface area contributed by atoms with Crippen molar-refractivity contribution in [1.82, 2.24) is 0 Å². The summed E-state index contributed by atoms with van der Waals surface area (Å²) in [5.41, 5.74) is 5.83. The first kappa shape index (κ1) is 30.5. The average molecular weight is 533 g/mol. The fourth-order valence-electron chi connectivity index (χ4n) is 5.30. The maximum Gasteiger partial charge on any atom is 0.106 e. The highest BCUT2D eigenvalue weighted by atomic mass is 35.5. The highest BCUT2D eigenvalue weighted by molar-refractivity contribution is 6.23. The molecule has 0 N–H and O–H groups in total. The lowest BCUT2D eigenvalue weighted by Crippen LogP contribution is -2.41. The highest BCUT2D eigenvalue weighted by Crippen LogP contribution is 2.40. The van der Waals surface area contributed by atoms with Crippen molar-refractivity contribution in [2.75, 3.05) is 6.61 Å². The van der Waals surface area contributed by atoms with Gasteiger partial charge in [-0.2, -0.15) is 0 Å². The van der Waals surface area contributed by atoms with E-state index in [2.05, 4.69) is 107 Å². The second kappa shape index (κ2) is 16.1. The molecule has 0 saturated carbocycles. The average Bonchev–Trinajstić information content (AvgIpc) is 2.93. The third-order valence-electron chi connectivity index (χ3n) is 7.77. The molecule has 0 bridgehead atoms. The van der Waals surface area contributed by atoms with Crippen LogP contribution in [0.15, 0.2) is 84.5 Å². The monoisotopic (exact) mass is 532 g/mol. The van der Waals surface area contributed by atoms with Crippen LogP contribution in [-0.4, -0.2) is 17.6 Å². The van der Waals surface area contributed by atoms with Crippen LogP contribution in [0.5, 0.6) is 0 Å². The van der Waals surface area contributed by atoms with E-state index in [9.17, 15) is 0 Å². The molecule has 38 heavy (non-hydrogen) atoms. The van der Waals surface area contributed by atoms with Gasteiger partial charge in [-0.1, -0.05) is 130 Å². The summed E-state index contributed by atoms with van der Waals surface area (Å²) in [6.07, 6.45) is 21.1. The number of benzene rings is 2. The third-order valence-corrected chi connectivity index (χ3v) is 8.26. The van der Waals surface area contributed by atoms with Crippen LogP contribution >= 0.6 is 11.6 Å². The summed E-state index contributed by atoms with van der Waals surface area (Å²) >= 11 is 7.23. The molecule has 1 aliphatic rings. The van der Waals surface area contributed by atoms with Gasteiger partial charge in [0.1, 0.15) is 5.60 Å². The van der Waals surface area contributed by atoms with Crippen LogP contribution < -0.4 is 0 Å². The standard InChI is InChI=1S/C36H49ClO/c1-5-6-7-8-9-15-27-38-36(25-23-30(4)18-16-17-29(2)3)26-24-32(28-35(36)37)34-22-14-13-21-33(34)31-19-11-10-12-20-31/h10-14,17,19-22,24,26,28,30,35H,5-9,15-16,18,23,25,27H2,1-4H3. The molecule has 0 aromatic heterocycles. The molecule has 0 radical (unpaired) electrons. The van der Waals surface area contributed by atoms with Gasteiger partial charge >= 0.3 is 0 Å². The molecule has 2 heteroatoms. The van der Waals surface area contributed by atoms with Gasteiger partial charge in [0.05, 0.1) is 5.38 Å². The number of unbranched alkanes of at least 4 members (excludes halogenated alkanes) is 5. The molecule has 0 amide bonds. The largest absolute Gasteiger partial charge is 0.369 e. The van der Waals surface area contributed by atoms with Gasteiger partial charge in [-0.3, -0.25) is 0 Å². The predicted molar refractivity (Wildman–Crippen MR) is 168 cm³/mol. The van der Waals surface area contributed by atoms with Crippen molar-refractivity contribution in [2.45, 2.75) is 103 Å². The Morgan fingerprint density at radius 3 is 2.32 bits per heavy atom. The Labute approximate surface area is 238 Å². The summed E-state index contributed by atoms with van der Waals surface area (Å²) in [7, 11) is 0. The molecule has 2 aromatic rings. The van der Waals surface area contributed by atoms with Crippen molar-refractivity contribution in [3.05, 3.63) is 90.0 Å². The Morgan fingerprint density at radius 2 is 1.61 bits per heavy atom. The van der Waals surface area contributed by atoms with E-state index in [1.54, 1.807) is 0 Å². The molecule has 206 valence electrons. The topological polar surface area (TPSA) is 9.23 Å². The zero-order valence-electron chi connectivity index (χ0n) is 24.2. The Hall–Kier alpha value is -2.09. The highest BCUT2D eigenvalue weighted by Gasteiger charge is 2.38. The Kier molecular flexibility index (Phi) is 12.9. The van der Waals surface area contributed by atoms with Crippen LogP contribution in [0, 0.1) is 5.92 Å². The van der Waals surface area contributed by atoms with E-state index in [1.165, 1.54) is 66.4 Å². The van der Waals surface area contributed by atoms with Gasteiger partial charge in [-0.25, -0.2) is 0 Å². The Bertz CT molecular complexity index is 1050. The normalized spacial score (nSPS) is 19.7. The first-order valence-electron chi connectivity index (χ1n) is 14.9. The summed E-state index contributed by atoms with van der Waals surface area (Å²) in [5, 5.41) is -0.198. The van der Waals surface area contributed by atoms with E-state index in [0.717, 1.165) is 32.3 Å². The van der Waals surface area contributed by atoms with Crippen molar-refractivity contribution in [3.63, 3.8) is 0 Å². The van der Waals surface area contributed by atoms with Crippen LogP contribution in [0.3, 0.4) is 0 Å². The molecule has 3 atom stereocenters. The second-order valence-electron chi connectivity index (χ2n) is 11.3. The molecular weight excluding hydrogens is 484 g/mol. The summed E-state index contributed by atoms with van der Waals surface area (Å²) in [4.78, 5) is 0. The minimum absolute atomic E-state index is 0.198. The number of alkyl halides is 1. The number of rotatable bonds is 16. The molecule has 0 saturated heterocycles. The second-order valence-corrected chi connectivity index (χ2v) is 11.8. The van der Waals surface area contributed by atoms with Crippen LogP contribution in [0.25, 0.3) is 16.7 Å². The maximum absolute atomic E-state index is 7.23. The minimum Gasteiger partial charge on any atom is -0.369 e. The first-order chi connectivity index (χ1) is 18.4. The van der Waals surface area contributed by atoms with E-state index in [0.29, 0.717) is 5.92 Å². The maximum atomic E-state index is 7.23. The molecule has 0 aliphatic heterocycles. The zero-order valence-corrected chi connectivity index (χ0v) is 25.0. The van der Waals surface area contributed by atoms with Gasteiger partial charge in [-0.15, -0.1) is 11.6 Å². The lowest BCUT2D eigenvalue weighted by molar-refractivity contribution is -0.0161. The smallest absolute Gasteiger partial charge is 0.106 e. The Balaban J connectivity index is 1.74. The van der Waals surface area contributed by atoms with Crippen LogP contribution in [0.1, 0.15) is 97.5 Å². The fraction of sp³-hybridized carbons (Fsp3) is 0.500. The molecule has 2 aromatic carbocycles. The number of ether oxygens (including phenoxy) is 1. The van der Waals surface area contributed by atoms with E-state index >= 15 is 0 Å². The molecule has 3 rings (SSSR count). The summed E-state index contributed by atoms with van der Waals surface area (Å²) < 4.78 is 6.71. The number of halogens is 1. The van der Waals surface area contributed by atoms with Gasteiger partial charge < -0.3 is 4.74 Å². The molecule has 0 fully saturated rings. The van der Waals surface area contributed by atoms with Crippen molar-refractivity contribution >= 4 is 17.2 Å². The van der Waals surface area contributed by atoms with Crippen molar-refractivity contribution < 1.29 is 4.74 Å². The third kappa shape index (κ3) is 9.28. The van der Waals surface area contributed by atoms with Crippen molar-refractivity contribution in [1.29, 1.82) is 0 Å². The predicted octanol–water partition coefficient (Wildman–Crippen LogP) is 11.2. The van der Waals surface area contributed by atoms with Crippen molar-refractivity contribution in [2.24, 2.45) is 5.92 Å². The SMILES string of the molecule is CCCCCCCCOC1(CCC(C)CCC=C(C)C)C=CC(c2ccccc2-c2ccccc2)=CC1Cl. The van der Waals surface area contributed by atoms with Crippen molar-refractivity contribution in [3.8, 4) is 11.1 Å². The summed E-state index contributed by atoms with van der Waals surface area (Å²) in [6.45, 7) is 9.77. The molecule has 1 nitrogen and oxygen atoms in total. The number of hydrogen-bond acceptors (Lipinski definition) is 1. The van der Waals surface area contributed by atoms with Gasteiger partial charge in [0.25, 0.3) is 0 Å². The Morgan fingerprint density at radius 1 is 0.921 bits per heavy atom. The minimum atomic E-state index is -0.444. The van der Waals surface area contributed by atoms with Crippen LogP contribution in [0.4, 0.5) is 0 Å². The molecular formula is C36H49ClO. The van der Waals surface area contributed by atoms with Gasteiger partial charge in [0.15, 0.2) is 0 Å². The first-order valence-corrected chi connectivity index (χ1v) is 15.4. The zero-order chi connectivity index (χ0) is 27.2. The van der Waals surface area contributed by atoms with Gasteiger partial charge in [0.2, 0.25) is 0 Å². The molecule has 0 spiro atoms. The lowest BCUT2D eigenvalue weighted by Gasteiger charge is -2.37. The summed E-state index contributed by atoms with van der Waals surface area (Å²) in [6, 6.07) is 19.3. The summed E-state index contributed by atoms with van der Waals surface area (Å²) in [5.74, 6) is 0.640. The lowest BCUT2D eigenvalue weighted by atomic mass is 9.82. The number of allylic oxidation sites excluding steroid dienone is 4.